The lowest BCUT2D eigenvalue weighted by Crippen LogP contribution is -2.19. The molecule has 1 aliphatic rings. The maximum atomic E-state index is 11.1. The van der Waals surface area contributed by atoms with Crippen molar-refractivity contribution in [3.8, 4) is 0 Å². The quantitative estimate of drug-likeness (QED) is 0.708. The van der Waals surface area contributed by atoms with Crippen LogP contribution in [0.3, 0.4) is 0 Å². The summed E-state index contributed by atoms with van der Waals surface area (Å²) in [6.45, 7) is 4.18. The number of fused-ring (bicyclic) bond motifs is 1. The standard InChI is InChI=1S/C14H19N3O2/c18-14-17-12-7-11(1-2-13(12)19-14)9-16-6-4-10-3-5-15-8-10/h1-2,7,10,15-16H,3-6,8-9H2,(H,17,18). The molecule has 5 heteroatoms. The van der Waals surface area contributed by atoms with Crippen LogP contribution in [0, 0.1) is 5.92 Å². The summed E-state index contributed by atoms with van der Waals surface area (Å²) < 4.78 is 4.98. The third kappa shape index (κ3) is 3.05. The van der Waals surface area contributed by atoms with Crippen molar-refractivity contribution in [2.45, 2.75) is 19.4 Å². The SMILES string of the molecule is O=c1[nH]c2cc(CNCCC3CCNC3)ccc2o1. The van der Waals surface area contributed by atoms with E-state index in [0.717, 1.165) is 43.2 Å². The highest BCUT2D eigenvalue weighted by Crippen LogP contribution is 2.13. The summed E-state index contributed by atoms with van der Waals surface area (Å²) >= 11 is 0. The van der Waals surface area contributed by atoms with E-state index in [-0.39, 0.29) is 0 Å². The number of aromatic nitrogens is 1. The van der Waals surface area contributed by atoms with Crippen molar-refractivity contribution in [1.82, 2.24) is 15.6 Å². The molecule has 0 bridgehead atoms. The van der Waals surface area contributed by atoms with Gasteiger partial charge in [-0.15, -0.1) is 0 Å². The molecule has 0 amide bonds. The molecule has 0 radical (unpaired) electrons. The molecule has 2 heterocycles. The topological polar surface area (TPSA) is 70.1 Å². The Labute approximate surface area is 111 Å². The molecule has 3 rings (SSSR count). The molecule has 19 heavy (non-hydrogen) atoms. The molecule has 5 nitrogen and oxygen atoms in total. The first kappa shape index (κ1) is 12.4. The fourth-order valence-electron chi connectivity index (χ4n) is 2.61. The number of rotatable bonds is 5. The molecule has 1 unspecified atom stereocenters. The highest BCUT2D eigenvalue weighted by Gasteiger charge is 2.13. The normalized spacial score (nSPS) is 19.3. The molecular formula is C14H19N3O2. The molecule has 0 spiro atoms. The van der Waals surface area contributed by atoms with Crippen LogP contribution in [0.4, 0.5) is 0 Å². The van der Waals surface area contributed by atoms with Crippen LogP contribution >= 0.6 is 0 Å². The van der Waals surface area contributed by atoms with Crippen LogP contribution in [0.25, 0.3) is 11.1 Å². The molecule has 1 aromatic carbocycles. The van der Waals surface area contributed by atoms with Crippen LogP contribution in [-0.4, -0.2) is 24.6 Å². The van der Waals surface area contributed by atoms with E-state index < -0.39 is 5.76 Å². The number of aromatic amines is 1. The molecule has 0 saturated carbocycles. The van der Waals surface area contributed by atoms with Gasteiger partial charge < -0.3 is 15.1 Å². The first-order chi connectivity index (χ1) is 9.31. The first-order valence-electron chi connectivity index (χ1n) is 6.84. The molecule has 2 aromatic rings. The monoisotopic (exact) mass is 261 g/mol. The summed E-state index contributed by atoms with van der Waals surface area (Å²) in [6, 6.07) is 5.79. The minimum absolute atomic E-state index is 0.395. The van der Waals surface area contributed by atoms with Gasteiger partial charge in [-0.25, -0.2) is 4.79 Å². The number of nitrogens with one attached hydrogen (secondary N) is 3. The van der Waals surface area contributed by atoms with Gasteiger partial charge in [0.2, 0.25) is 0 Å². The lowest BCUT2D eigenvalue weighted by atomic mass is 10.1. The van der Waals surface area contributed by atoms with Gasteiger partial charge in [-0.1, -0.05) is 6.07 Å². The Morgan fingerprint density at radius 1 is 1.42 bits per heavy atom. The third-order valence-corrected chi connectivity index (χ3v) is 3.70. The van der Waals surface area contributed by atoms with Crippen molar-refractivity contribution in [2.24, 2.45) is 5.92 Å². The van der Waals surface area contributed by atoms with Crippen LogP contribution in [0.1, 0.15) is 18.4 Å². The highest BCUT2D eigenvalue weighted by molar-refractivity contribution is 5.72. The number of oxazole rings is 1. The highest BCUT2D eigenvalue weighted by atomic mass is 16.4. The van der Waals surface area contributed by atoms with Gasteiger partial charge in [0.15, 0.2) is 5.58 Å². The van der Waals surface area contributed by atoms with Crippen LogP contribution in [0.2, 0.25) is 0 Å². The third-order valence-electron chi connectivity index (χ3n) is 3.70. The number of hydrogen-bond donors (Lipinski definition) is 3. The van der Waals surface area contributed by atoms with E-state index >= 15 is 0 Å². The average Bonchev–Trinajstić information content (AvgIpc) is 3.02. The predicted octanol–water partition coefficient (Wildman–Crippen LogP) is 1.21. The Kier molecular flexibility index (Phi) is 3.66. The summed E-state index contributed by atoms with van der Waals surface area (Å²) in [6.07, 6.45) is 2.52. The Morgan fingerprint density at radius 2 is 2.37 bits per heavy atom. The Hall–Kier alpha value is -1.59. The van der Waals surface area contributed by atoms with Gasteiger partial charge in [0, 0.05) is 6.54 Å². The van der Waals surface area contributed by atoms with E-state index in [1.807, 2.05) is 18.2 Å². The zero-order chi connectivity index (χ0) is 13.1. The molecule has 1 saturated heterocycles. The lowest BCUT2D eigenvalue weighted by Gasteiger charge is -2.09. The maximum absolute atomic E-state index is 11.1. The van der Waals surface area contributed by atoms with E-state index in [1.54, 1.807) is 0 Å². The maximum Gasteiger partial charge on any atom is 0.417 e. The second-order valence-electron chi connectivity index (χ2n) is 5.17. The Morgan fingerprint density at radius 3 is 3.21 bits per heavy atom. The van der Waals surface area contributed by atoms with Gasteiger partial charge in [-0.3, -0.25) is 4.98 Å². The number of H-pyrrole nitrogens is 1. The van der Waals surface area contributed by atoms with Crippen LogP contribution < -0.4 is 16.4 Å². The van der Waals surface area contributed by atoms with Gasteiger partial charge in [-0.05, 0) is 56.1 Å². The molecule has 1 fully saturated rings. The predicted molar refractivity (Wildman–Crippen MR) is 74.1 cm³/mol. The van der Waals surface area contributed by atoms with Crippen molar-refractivity contribution in [2.75, 3.05) is 19.6 Å². The van der Waals surface area contributed by atoms with Gasteiger partial charge >= 0.3 is 5.76 Å². The molecule has 0 aliphatic carbocycles. The van der Waals surface area contributed by atoms with E-state index in [9.17, 15) is 4.79 Å². The van der Waals surface area contributed by atoms with Crippen LogP contribution in [0.5, 0.6) is 0 Å². The van der Waals surface area contributed by atoms with Crippen molar-refractivity contribution < 1.29 is 4.42 Å². The van der Waals surface area contributed by atoms with Crippen LogP contribution in [0.15, 0.2) is 27.4 Å². The minimum atomic E-state index is -0.395. The smallest absolute Gasteiger partial charge is 0.408 e. The van der Waals surface area contributed by atoms with Gasteiger partial charge in [0.25, 0.3) is 0 Å². The first-order valence-corrected chi connectivity index (χ1v) is 6.84. The summed E-state index contributed by atoms with van der Waals surface area (Å²) in [4.78, 5) is 13.7. The van der Waals surface area contributed by atoms with Crippen molar-refractivity contribution >= 4 is 11.1 Å². The van der Waals surface area contributed by atoms with E-state index in [1.165, 1.54) is 12.8 Å². The van der Waals surface area contributed by atoms with E-state index in [4.69, 9.17) is 4.42 Å². The second kappa shape index (κ2) is 5.59. The number of benzene rings is 1. The summed E-state index contributed by atoms with van der Waals surface area (Å²) in [5.41, 5.74) is 2.55. The Balaban J connectivity index is 1.51. The van der Waals surface area contributed by atoms with Crippen molar-refractivity contribution in [1.29, 1.82) is 0 Å². The molecule has 1 aromatic heterocycles. The van der Waals surface area contributed by atoms with Gasteiger partial charge in [0.1, 0.15) is 0 Å². The number of hydrogen-bond acceptors (Lipinski definition) is 4. The van der Waals surface area contributed by atoms with E-state index in [0.29, 0.717) is 5.58 Å². The molecule has 1 aliphatic heterocycles. The summed E-state index contributed by atoms with van der Waals surface area (Å²) in [5, 5.41) is 6.83. The Bertz CT molecular complexity index is 596. The van der Waals surface area contributed by atoms with E-state index in [2.05, 4.69) is 15.6 Å². The molecule has 102 valence electrons. The van der Waals surface area contributed by atoms with Gasteiger partial charge in [0.05, 0.1) is 5.52 Å². The summed E-state index contributed by atoms with van der Waals surface area (Å²) in [7, 11) is 0. The van der Waals surface area contributed by atoms with Crippen molar-refractivity contribution in [3.63, 3.8) is 0 Å². The van der Waals surface area contributed by atoms with Crippen molar-refractivity contribution in [3.05, 3.63) is 34.3 Å². The zero-order valence-corrected chi connectivity index (χ0v) is 10.9. The largest absolute Gasteiger partial charge is 0.417 e. The fourth-order valence-corrected chi connectivity index (χ4v) is 2.61. The zero-order valence-electron chi connectivity index (χ0n) is 10.9. The van der Waals surface area contributed by atoms with Crippen LogP contribution in [-0.2, 0) is 6.54 Å². The van der Waals surface area contributed by atoms with Gasteiger partial charge in [-0.2, -0.15) is 0 Å². The average molecular weight is 261 g/mol. The fraction of sp³-hybridized carbons (Fsp3) is 0.500. The molecular weight excluding hydrogens is 242 g/mol. The summed E-state index contributed by atoms with van der Waals surface area (Å²) in [5.74, 6) is 0.425. The second-order valence-corrected chi connectivity index (χ2v) is 5.17. The molecule has 1 atom stereocenters. The minimum Gasteiger partial charge on any atom is -0.408 e. The molecule has 3 N–H and O–H groups in total. The lowest BCUT2D eigenvalue weighted by molar-refractivity contribution is 0.500.